The number of carbonyl (C=O) groups excluding carboxylic acids is 1. The van der Waals surface area contributed by atoms with Crippen LogP contribution in [0.5, 0.6) is 5.75 Å². The number of pyridine rings is 1. The van der Waals surface area contributed by atoms with Crippen molar-refractivity contribution in [1.29, 1.82) is 0 Å². The first-order chi connectivity index (χ1) is 23.6. The summed E-state index contributed by atoms with van der Waals surface area (Å²) in [5, 5.41) is 11.5. The van der Waals surface area contributed by atoms with E-state index in [2.05, 4.69) is 150 Å². The second-order valence-corrected chi connectivity index (χ2v) is 16.7. The maximum absolute atomic E-state index is 12.3. The Balaban J connectivity index is 0.000000255. The van der Waals surface area contributed by atoms with E-state index in [4.69, 9.17) is 9.72 Å². The first-order valence-electron chi connectivity index (χ1n) is 18.7. The Morgan fingerprint density at radius 3 is 2.02 bits per heavy atom. The van der Waals surface area contributed by atoms with E-state index in [1.165, 1.54) is 33.7 Å². The van der Waals surface area contributed by atoms with Crippen molar-refractivity contribution in [2.24, 2.45) is 35.5 Å². The molecule has 1 aromatic heterocycles. The molecule has 0 fully saturated rings. The van der Waals surface area contributed by atoms with E-state index in [0.717, 1.165) is 22.5 Å². The van der Waals surface area contributed by atoms with E-state index in [9.17, 15) is 9.90 Å². The Labute approximate surface area is 320 Å². The number of aliphatic hydroxyl groups excluding tert-OH is 1. The van der Waals surface area contributed by atoms with Gasteiger partial charge in [-0.3, -0.25) is 9.78 Å². The van der Waals surface area contributed by atoms with E-state index in [0.29, 0.717) is 35.5 Å². The summed E-state index contributed by atoms with van der Waals surface area (Å²) in [6.07, 6.45) is 1.54. The van der Waals surface area contributed by atoms with Gasteiger partial charge in [0.1, 0.15) is 11.9 Å². The topological polar surface area (TPSA) is 59.4 Å². The number of aliphatic hydroxyl groups is 1. The van der Waals surface area contributed by atoms with Gasteiger partial charge in [0, 0.05) is 54.9 Å². The van der Waals surface area contributed by atoms with Crippen LogP contribution in [0, 0.1) is 41.6 Å². The number of aromatic nitrogens is 1. The standard InChI is InChI=1S/C29H26NO.C17H32O2.Ir/c1-17(2)22-16-24(30-23-14-7-5-10-18(22)23)19-12-9-13-21-26(19)29(3,4)27-20-11-6-8-15-25(20)31-28(21)27;1-10(2)16(11(3)4)14(18)9-15(19)17(12(5)6)13(7)8;/h5-11,13-17,27-28H,1-4H3;9-13,16-18H,1-8H3;/q-1;;/b;14-9-;. The fraction of sp³-hybridized carbons (Fsp3) is 0.478. The molecule has 2 unspecified atom stereocenters. The van der Waals surface area contributed by atoms with Crippen molar-refractivity contribution < 1.29 is 34.7 Å². The number of hydrogen-bond acceptors (Lipinski definition) is 4. The fourth-order valence-electron chi connectivity index (χ4n) is 9.05. The summed E-state index contributed by atoms with van der Waals surface area (Å²) < 4.78 is 6.48. The number of ketones is 1. The molecule has 0 saturated carbocycles. The molecule has 0 saturated heterocycles. The monoisotopic (exact) mass is 865 g/mol. The van der Waals surface area contributed by atoms with Crippen molar-refractivity contribution in [1.82, 2.24) is 4.98 Å². The molecule has 4 aromatic rings. The molecule has 4 nitrogen and oxygen atoms in total. The van der Waals surface area contributed by atoms with E-state index in [1.807, 2.05) is 6.07 Å². The molecule has 2 heterocycles. The Morgan fingerprint density at radius 2 is 1.41 bits per heavy atom. The summed E-state index contributed by atoms with van der Waals surface area (Å²) in [6, 6.07) is 27.1. The minimum absolute atomic E-state index is 0. The van der Waals surface area contributed by atoms with Crippen molar-refractivity contribution in [3.63, 3.8) is 0 Å². The van der Waals surface area contributed by atoms with E-state index in [-0.39, 0.29) is 55.0 Å². The minimum Gasteiger partial charge on any atom is -0.512 e. The molecule has 0 bridgehead atoms. The maximum atomic E-state index is 12.3. The molecule has 1 aliphatic carbocycles. The Hall–Kier alpha value is -3.27. The summed E-state index contributed by atoms with van der Waals surface area (Å²) >= 11 is 0. The van der Waals surface area contributed by atoms with Crippen LogP contribution in [0.1, 0.15) is 123 Å². The summed E-state index contributed by atoms with van der Waals surface area (Å²) in [5.74, 6) is 3.38. The minimum atomic E-state index is -0.0784. The van der Waals surface area contributed by atoms with Crippen molar-refractivity contribution in [2.45, 2.75) is 106 Å². The zero-order valence-corrected chi connectivity index (χ0v) is 35.1. The number of benzene rings is 3. The summed E-state index contributed by atoms with van der Waals surface area (Å²) in [4.78, 5) is 17.4. The van der Waals surface area contributed by atoms with Crippen LogP contribution in [0.25, 0.3) is 22.2 Å². The number of fused-ring (bicyclic) bond motifs is 6. The third-order valence-corrected chi connectivity index (χ3v) is 11.0. The maximum Gasteiger partial charge on any atom is 0.162 e. The van der Waals surface area contributed by atoms with Gasteiger partial charge in [-0.25, -0.2) is 0 Å². The van der Waals surface area contributed by atoms with Gasteiger partial charge in [-0.2, -0.15) is 0 Å². The van der Waals surface area contributed by atoms with Gasteiger partial charge in [-0.05, 0) is 58.4 Å². The number of rotatable bonds is 9. The molecular formula is C46H58IrNO3-. The number of allylic oxidation sites excluding steroid dienone is 2. The molecule has 3 aromatic carbocycles. The SMILES string of the molecule is CC(C)C(C(=O)/C=C(\O)C(C(C)C)C(C)C)C(C)C.CC(C)c1cc(-c2[c-]ccc3c2C(C)(C)C2c4ccccc4OC32)nc2ccccc12.[Ir]. The molecule has 6 rings (SSSR count). The van der Waals surface area contributed by atoms with Gasteiger partial charge in [-0.15, -0.1) is 29.3 Å². The predicted molar refractivity (Wildman–Crippen MR) is 208 cm³/mol. The number of para-hydroxylation sites is 2. The molecule has 0 amide bonds. The average Bonchev–Trinajstić information content (AvgIpc) is 3.53. The Morgan fingerprint density at radius 1 is 0.824 bits per heavy atom. The van der Waals surface area contributed by atoms with Gasteiger partial charge in [-0.1, -0.05) is 131 Å². The summed E-state index contributed by atoms with van der Waals surface area (Å²) in [6.45, 7) is 25.8. The number of hydrogen-bond donors (Lipinski definition) is 1. The van der Waals surface area contributed by atoms with Crippen LogP contribution in [0.2, 0.25) is 0 Å². The third-order valence-electron chi connectivity index (χ3n) is 11.0. The normalized spacial score (nSPS) is 17.5. The zero-order chi connectivity index (χ0) is 36.7. The van der Waals surface area contributed by atoms with Crippen LogP contribution >= 0.6 is 0 Å². The molecule has 0 spiro atoms. The molecule has 275 valence electrons. The van der Waals surface area contributed by atoms with Gasteiger partial charge in [0.2, 0.25) is 0 Å². The van der Waals surface area contributed by atoms with Gasteiger partial charge < -0.3 is 9.84 Å². The summed E-state index contributed by atoms with van der Waals surface area (Å²) in [7, 11) is 0. The second-order valence-electron chi connectivity index (χ2n) is 16.7. The van der Waals surface area contributed by atoms with E-state index >= 15 is 0 Å². The third kappa shape index (κ3) is 7.91. The molecule has 1 aliphatic heterocycles. The van der Waals surface area contributed by atoms with Gasteiger partial charge in [0.15, 0.2) is 5.78 Å². The molecule has 1 N–H and O–H groups in total. The van der Waals surface area contributed by atoms with Crippen LogP contribution in [0.4, 0.5) is 0 Å². The van der Waals surface area contributed by atoms with Crippen LogP contribution < -0.4 is 4.74 Å². The molecular weight excluding hydrogens is 807 g/mol. The molecule has 51 heavy (non-hydrogen) atoms. The van der Waals surface area contributed by atoms with E-state index in [1.54, 1.807) is 0 Å². The Kier molecular flexibility index (Phi) is 12.8. The van der Waals surface area contributed by atoms with Crippen LogP contribution in [-0.2, 0) is 30.3 Å². The smallest absolute Gasteiger partial charge is 0.162 e. The van der Waals surface area contributed by atoms with Crippen molar-refractivity contribution in [3.8, 4) is 17.0 Å². The first-order valence-corrected chi connectivity index (χ1v) is 18.7. The zero-order valence-electron chi connectivity index (χ0n) is 32.7. The number of nitrogens with zero attached hydrogens (tertiary/aromatic N) is 1. The Bertz CT molecular complexity index is 1850. The fourth-order valence-corrected chi connectivity index (χ4v) is 9.05. The average molecular weight is 865 g/mol. The molecule has 1 radical (unpaired) electrons. The second kappa shape index (κ2) is 16.2. The first kappa shape index (κ1) is 40.5. The van der Waals surface area contributed by atoms with Crippen LogP contribution in [-0.4, -0.2) is 15.9 Å². The largest absolute Gasteiger partial charge is 0.512 e. The summed E-state index contributed by atoms with van der Waals surface area (Å²) in [5.41, 5.74) is 8.36. The van der Waals surface area contributed by atoms with Crippen molar-refractivity contribution >= 4 is 16.7 Å². The van der Waals surface area contributed by atoms with Crippen LogP contribution in [0.3, 0.4) is 0 Å². The molecule has 2 aliphatic rings. The van der Waals surface area contributed by atoms with Crippen molar-refractivity contribution in [3.05, 3.63) is 107 Å². The van der Waals surface area contributed by atoms with Gasteiger partial charge in [0.05, 0.1) is 11.3 Å². The van der Waals surface area contributed by atoms with E-state index < -0.39 is 0 Å². The predicted octanol–water partition coefficient (Wildman–Crippen LogP) is 12.2. The van der Waals surface area contributed by atoms with Crippen LogP contribution in [0.15, 0.2) is 78.6 Å². The molecule has 2 atom stereocenters. The number of ether oxygens (including phenoxy) is 1. The number of carbonyl (C=O) groups is 1. The molecule has 5 heteroatoms. The van der Waals surface area contributed by atoms with Gasteiger partial charge in [0.25, 0.3) is 0 Å². The quantitative estimate of drug-likeness (QED) is 0.103. The van der Waals surface area contributed by atoms with Crippen molar-refractivity contribution in [2.75, 3.05) is 0 Å². The van der Waals surface area contributed by atoms with Gasteiger partial charge >= 0.3 is 0 Å².